The van der Waals surface area contributed by atoms with Crippen molar-refractivity contribution in [3.63, 3.8) is 0 Å². The van der Waals surface area contributed by atoms with Crippen LogP contribution in [-0.4, -0.2) is 9.97 Å². The summed E-state index contributed by atoms with van der Waals surface area (Å²) >= 11 is 0. The first-order valence-corrected chi connectivity index (χ1v) is 5.31. The number of aromatic nitrogens is 2. The van der Waals surface area contributed by atoms with Crippen molar-refractivity contribution in [2.45, 2.75) is 6.92 Å². The van der Waals surface area contributed by atoms with Gasteiger partial charge in [0, 0.05) is 35.7 Å². The van der Waals surface area contributed by atoms with Gasteiger partial charge in [-0.25, -0.2) is 4.98 Å². The van der Waals surface area contributed by atoms with Crippen molar-refractivity contribution in [3.05, 3.63) is 42.7 Å². The number of hydrogen-bond acceptors (Lipinski definition) is 4. The molecular formula is C13H11N3O. The minimum atomic E-state index is 0.634. The van der Waals surface area contributed by atoms with Crippen molar-refractivity contribution in [1.29, 1.82) is 0 Å². The van der Waals surface area contributed by atoms with Crippen LogP contribution in [0.15, 0.2) is 41.2 Å². The highest BCUT2D eigenvalue weighted by Crippen LogP contribution is 2.32. The lowest BCUT2D eigenvalue weighted by molar-refractivity contribution is 0.534. The van der Waals surface area contributed by atoms with Gasteiger partial charge in [0.25, 0.3) is 0 Å². The van der Waals surface area contributed by atoms with E-state index in [1.807, 2.05) is 25.1 Å². The molecule has 0 saturated heterocycles. The highest BCUT2D eigenvalue weighted by atomic mass is 16.4. The maximum absolute atomic E-state index is 6.14. The van der Waals surface area contributed by atoms with Crippen LogP contribution in [0.3, 0.4) is 0 Å². The summed E-state index contributed by atoms with van der Waals surface area (Å²) in [6.45, 7) is 1.81. The minimum absolute atomic E-state index is 0.634. The van der Waals surface area contributed by atoms with Gasteiger partial charge in [0.2, 0.25) is 0 Å². The number of rotatable bonds is 1. The van der Waals surface area contributed by atoms with Crippen molar-refractivity contribution in [1.82, 2.24) is 9.97 Å². The first-order chi connectivity index (χ1) is 8.25. The summed E-state index contributed by atoms with van der Waals surface area (Å²) in [4.78, 5) is 8.15. The van der Waals surface area contributed by atoms with Gasteiger partial charge in [-0.2, -0.15) is 0 Å². The number of aryl methyl sites for hydroxylation is 1. The zero-order chi connectivity index (χ0) is 11.8. The third-order valence-electron chi connectivity index (χ3n) is 2.75. The van der Waals surface area contributed by atoms with Gasteiger partial charge >= 0.3 is 0 Å². The molecule has 0 amide bonds. The van der Waals surface area contributed by atoms with E-state index in [-0.39, 0.29) is 0 Å². The molecule has 0 bridgehead atoms. The van der Waals surface area contributed by atoms with Crippen molar-refractivity contribution in [3.8, 4) is 11.3 Å². The molecule has 0 atom stereocenters. The molecule has 0 fully saturated rings. The molecule has 0 saturated carbocycles. The molecule has 0 aliphatic carbocycles. The van der Waals surface area contributed by atoms with E-state index in [0.717, 1.165) is 16.3 Å². The molecule has 17 heavy (non-hydrogen) atoms. The monoisotopic (exact) mass is 225 g/mol. The average Bonchev–Trinajstić information content (AvgIpc) is 2.77. The van der Waals surface area contributed by atoms with Crippen LogP contribution in [0.2, 0.25) is 0 Å². The second kappa shape index (κ2) is 3.59. The lowest BCUT2D eigenvalue weighted by atomic mass is 10.0. The average molecular weight is 225 g/mol. The Morgan fingerprint density at radius 3 is 2.82 bits per heavy atom. The third-order valence-corrected chi connectivity index (χ3v) is 2.75. The summed E-state index contributed by atoms with van der Waals surface area (Å²) in [7, 11) is 0. The summed E-state index contributed by atoms with van der Waals surface area (Å²) in [5.41, 5.74) is 7.71. The van der Waals surface area contributed by atoms with E-state index >= 15 is 0 Å². The van der Waals surface area contributed by atoms with Gasteiger partial charge in [-0.15, -0.1) is 0 Å². The van der Waals surface area contributed by atoms with Gasteiger partial charge in [-0.1, -0.05) is 6.07 Å². The SMILES string of the molecule is Cc1ncc(-c2ccc3cnccc3c2N)o1. The Labute approximate surface area is 98.1 Å². The molecule has 3 rings (SSSR count). The highest BCUT2D eigenvalue weighted by Gasteiger charge is 2.10. The Kier molecular flexibility index (Phi) is 2.08. The summed E-state index contributed by atoms with van der Waals surface area (Å²) in [5.74, 6) is 1.33. The number of benzene rings is 1. The molecule has 0 aliphatic heterocycles. The van der Waals surface area contributed by atoms with Gasteiger partial charge in [0.05, 0.1) is 11.9 Å². The number of pyridine rings is 1. The summed E-state index contributed by atoms with van der Waals surface area (Å²) in [6, 6.07) is 5.81. The Morgan fingerprint density at radius 1 is 1.18 bits per heavy atom. The maximum Gasteiger partial charge on any atom is 0.191 e. The number of nitrogens with zero attached hydrogens (tertiary/aromatic N) is 2. The molecule has 0 unspecified atom stereocenters. The molecule has 1 aromatic carbocycles. The number of hydrogen-bond donors (Lipinski definition) is 1. The molecule has 4 heteroatoms. The molecule has 0 spiro atoms. The second-order valence-corrected chi connectivity index (χ2v) is 3.87. The molecule has 4 nitrogen and oxygen atoms in total. The van der Waals surface area contributed by atoms with Gasteiger partial charge in [0.15, 0.2) is 11.7 Å². The zero-order valence-corrected chi connectivity index (χ0v) is 9.34. The van der Waals surface area contributed by atoms with Crippen LogP contribution in [0, 0.1) is 6.92 Å². The number of nitrogens with two attached hydrogens (primary N) is 1. The first-order valence-electron chi connectivity index (χ1n) is 5.31. The van der Waals surface area contributed by atoms with Gasteiger partial charge in [-0.05, 0) is 12.1 Å². The van der Waals surface area contributed by atoms with Gasteiger partial charge < -0.3 is 10.2 Å². The Balaban J connectivity index is 2.28. The fourth-order valence-electron chi connectivity index (χ4n) is 1.89. The predicted octanol–water partition coefficient (Wildman–Crippen LogP) is 2.78. The number of oxazole rings is 1. The van der Waals surface area contributed by atoms with E-state index in [0.29, 0.717) is 17.3 Å². The van der Waals surface area contributed by atoms with E-state index in [1.54, 1.807) is 18.6 Å². The molecule has 0 radical (unpaired) electrons. The summed E-state index contributed by atoms with van der Waals surface area (Å²) in [6.07, 6.45) is 5.21. The standard InChI is InChI=1S/C13H11N3O/c1-8-16-7-12(17-8)11-3-2-9-6-15-5-4-10(9)13(11)14/h2-7H,14H2,1H3. The first kappa shape index (κ1) is 9.84. The van der Waals surface area contributed by atoms with E-state index in [1.165, 1.54) is 0 Å². The highest BCUT2D eigenvalue weighted by molar-refractivity contribution is 5.99. The van der Waals surface area contributed by atoms with Crippen LogP contribution >= 0.6 is 0 Å². The second-order valence-electron chi connectivity index (χ2n) is 3.87. The van der Waals surface area contributed by atoms with Crippen molar-refractivity contribution >= 4 is 16.5 Å². The molecule has 2 heterocycles. The Bertz CT molecular complexity index is 688. The van der Waals surface area contributed by atoms with E-state index in [9.17, 15) is 0 Å². The summed E-state index contributed by atoms with van der Waals surface area (Å²) in [5, 5.41) is 2.00. The molecule has 3 aromatic rings. The van der Waals surface area contributed by atoms with Crippen LogP contribution in [0.4, 0.5) is 5.69 Å². The smallest absolute Gasteiger partial charge is 0.191 e. The molecule has 0 aliphatic rings. The number of nitrogen functional groups attached to an aromatic ring is 1. The summed E-state index contributed by atoms with van der Waals surface area (Å²) < 4.78 is 5.49. The van der Waals surface area contributed by atoms with E-state index < -0.39 is 0 Å². The Morgan fingerprint density at radius 2 is 2.06 bits per heavy atom. The van der Waals surface area contributed by atoms with Crippen molar-refractivity contribution in [2.75, 3.05) is 5.73 Å². The van der Waals surface area contributed by atoms with Crippen LogP contribution in [0.25, 0.3) is 22.1 Å². The lowest BCUT2D eigenvalue weighted by Gasteiger charge is -2.06. The fraction of sp³-hybridized carbons (Fsp3) is 0.0769. The van der Waals surface area contributed by atoms with Crippen LogP contribution in [0.5, 0.6) is 0 Å². The molecule has 2 aromatic heterocycles. The van der Waals surface area contributed by atoms with Gasteiger partial charge in [-0.3, -0.25) is 4.98 Å². The topological polar surface area (TPSA) is 64.9 Å². The van der Waals surface area contributed by atoms with Crippen LogP contribution in [0.1, 0.15) is 5.89 Å². The van der Waals surface area contributed by atoms with Gasteiger partial charge in [0.1, 0.15) is 0 Å². The fourth-order valence-corrected chi connectivity index (χ4v) is 1.89. The largest absolute Gasteiger partial charge is 0.441 e. The quantitative estimate of drug-likeness (QED) is 0.647. The normalized spacial score (nSPS) is 10.9. The van der Waals surface area contributed by atoms with Crippen LogP contribution in [-0.2, 0) is 0 Å². The predicted molar refractivity (Wildman–Crippen MR) is 66.4 cm³/mol. The number of anilines is 1. The Hall–Kier alpha value is -2.36. The van der Waals surface area contributed by atoms with Crippen LogP contribution < -0.4 is 5.73 Å². The van der Waals surface area contributed by atoms with E-state index in [2.05, 4.69) is 9.97 Å². The van der Waals surface area contributed by atoms with Crippen molar-refractivity contribution < 1.29 is 4.42 Å². The molecule has 84 valence electrons. The minimum Gasteiger partial charge on any atom is -0.441 e. The van der Waals surface area contributed by atoms with Crippen molar-refractivity contribution in [2.24, 2.45) is 0 Å². The zero-order valence-electron chi connectivity index (χ0n) is 9.34. The third kappa shape index (κ3) is 1.54. The number of fused-ring (bicyclic) bond motifs is 1. The maximum atomic E-state index is 6.14. The molecular weight excluding hydrogens is 214 g/mol. The van der Waals surface area contributed by atoms with E-state index in [4.69, 9.17) is 10.2 Å². The lowest BCUT2D eigenvalue weighted by Crippen LogP contribution is -1.91. The molecule has 2 N–H and O–H groups in total.